The number of benzene rings is 2. The van der Waals surface area contributed by atoms with E-state index in [2.05, 4.69) is 13.8 Å². The molecule has 0 heterocycles. The third-order valence-corrected chi connectivity index (χ3v) is 4.28. The van der Waals surface area contributed by atoms with E-state index < -0.39 is 0 Å². The molecule has 0 atom stereocenters. The summed E-state index contributed by atoms with van der Waals surface area (Å²) < 4.78 is 0. The Kier molecular flexibility index (Phi) is 7.39. The maximum absolute atomic E-state index is 12.8. The maximum atomic E-state index is 12.8. The van der Waals surface area contributed by atoms with Gasteiger partial charge in [0, 0.05) is 36.4 Å². The van der Waals surface area contributed by atoms with Gasteiger partial charge >= 0.3 is 0 Å². The average molecular weight is 352 g/mol. The van der Waals surface area contributed by atoms with Gasteiger partial charge in [-0.2, -0.15) is 0 Å². The molecule has 138 valence electrons. The molecular weight excluding hydrogens is 324 g/mol. The van der Waals surface area contributed by atoms with E-state index in [1.165, 1.54) is 0 Å². The summed E-state index contributed by atoms with van der Waals surface area (Å²) in [6, 6.07) is 16.6. The van der Waals surface area contributed by atoms with Crippen LogP contribution in [0.3, 0.4) is 0 Å². The second kappa shape index (κ2) is 9.76. The van der Waals surface area contributed by atoms with E-state index >= 15 is 0 Å². The highest BCUT2D eigenvalue weighted by Gasteiger charge is 2.18. The van der Waals surface area contributed by atoms with Crippen molar-refractivity contribution in [1.82, 2.24) is 4.90 Å². The fourth-order valence-corrected chi connectivity index (χ4v) is 3.00. The first kappa shape index (κ1) is 19.7. The average Bonchev–Trinajstić information content (AvgIpc) is 2.69. The summed E-state index contributed by atoms with van der Waals surface area (Å²) in [5, 5.41) is 0. The minimum atomic E-state index is -0.0586. The lowest BCUT2D eigenvalue weighted by Crippen LogP contribution is -2.33. The number of nitrogens with zero attached hydrogens (tertiary/aromatic N) is 2. The molecule has 2 amide bonds. The summed E-state index contributed by atoms with van der Waals surface area (Å²) in [5.74, 6) is -0.0280. The highest BCUT2D eigenvalue weighted by molar-refractivity contribution is 6.06. The first-order valence-corrected chi connectivity index (χ1v) is 9.38. The molecule has 0 saturated heterocycles. The van der Waals surface area contributed by atoms with Crippen molar-refractivity contribution in [1.29, 1.82) is 0 Å². The van der Waals surface area contributed by atoms with Gasteiger partial charge in [0.1, 0.15) is 0 Å². The summed E-state index contributed by atoms with van der Waals surface area (Å²) >= 11 is 0. The fourth-order valence-electron chi connectivity index (χ4n) is 3.00. The number of hydrogen-bond donors (Lipinski definition) is 0. The predicted molar refractivity (Wildman–Crippen MR) is 107 cm³/mol. The third kappa shape index (κ3) is 4.72. The Morgan fingerprint density at radius 3 is 1.69 bits per heavy atom. The van der Waals surface area contributed by atoms with Crippen molar-refractivity contribution in [3.05, 3.63) is 65.7 Å². The van der Waals surface area contributed by atoms with Crippen LogP contribution in [0.4, 0.5) is 5.69 Å². The summed E-state index contributed by atoms with van der Waals surface area (Å²) in [6.45, 7) is 8.19. The van der Waals surface area contributed by atoms with Gasteiger partial charge in [-0.15, -0.1) is 0 Å². The third-order valence-electron chi connectivity index (χ3n) is 4.28. The molecule has 0 aliphatic rings. The minimum Gasteiger partial charge on any atom is -0.339 e. The van der Waals surface area contributed by atoms with Crippen molar-refractivity contribution in [3.8, 4) is 0 Å². The smallest absolute Gasteiger partial charge is 0.258 e. The van der Waals surface area contributed by atoms with Gasteiger partial charge in [-0.25, -0.2) is 0 Å². The van der Waals surface area contributed by atoms with Gasteiger partial charge < -0.3 is 9.80 Å². The van der Waals surface area contributed by atoms with E-state index in [-0.39, 0.29) is 11.8 Å². The number of para-hydroxylation sites is 1. The Morgan fingerprint density at radius 1 is 0.731 bits per heavy atom. The van der Waals surface area contributed by atoms with Crippen LogP contribution < -0.4 is 4.90 Å². The van der Waals surface area contributed by atoms with Crippen LogP contribution in [-0.4, -0.2) is 36.3 Å². The fraction of sp³-hybridized carbons (Fsp3) is 0.364. The summed E-state index contributed by atoms with van der Waals surface area (Å²) in [5.41, 5.74) is 2.09. The van der Waals surface area contributed by atoms with Crippen LogP contribution in [0.15, 0.2) is 54.6 Å². The van der Waals surface area contributed by atoms with Crippen LogP contribution in [0.25, 0.3) is 0 Å². The second-order valence-electron chi connectivity index (χ2n) is 6.25. The molecule has 0 bridgehead atoms. The van der Waals surface area contributed by atoms with Crippen LogP contribution in [0.1, 0.15) is 54.3 Å². The maximum Gasteiger partial charge on any atom is 0.258 e. The van der Waals surface area contributed by atoms with Gasteiger partial charge in [0.15, 0.2) is 0 Å². The number of rotatable bonds is 8. The summed E-state index contributed by atoms with van der Waals surface area (Å²) in [7, 11) is 0. The zero-order valence-electron chi connectivity index (χ0n) is 15.9. The van der Waals surface area contributed by atoms with Crippen molar-refractivity contribution in [2.75, 3.05) is 24.5 Å². The van der Waals surface area contributed by atoms with Gasteiger partial charge in [0.25, 0.3) is 11.8 Å². The lowest BCUT2D eigenvalue weighted by Gasteiger charge is -2.22. The van der Waals surface area contributed by atoms with E-state index in [1.54, 1.807) is 29.2 Å². The van der Waals surface area contributed by atoms with E-state index in [0.29, 0.717) is 17.7 Å². The SMILES string of the molecule is CCCN(CCC)C(=O)c1ccc(C(=O)N(CC)c2ccccc2)cc1. The van der Waals surface area contributed by atoms with Crippen LogP contribution in [0.2, 0.25) is 0 Å². The minimum absolute atomic E-state index is 0.0307. The van der Waals surface area contributed by atoms with Crippen molar-refractivity contribution >= 4 is 17.5 Å². The zero-order chi connectivity index (χ0) is 18.9. The first-order chi connectivity index (χ1) is 12.6. The van der Waals surface area contributed by atoms with E-state index in [4.69, 9.17) is 0 Å². The monoisotopic (exact) mass is 352 g/mol. The van der Waals surface area contributed by atoms with Gasteiger partial charge in [-0.05, 0) is 56.2 Å². The Labute approximate surface area is 156 Å². The molecule has 0 saturated carbocycles. The summed E-state index contributed by atoms with van der Waals surface area (Å²) in [4.78, 5) is 29.1. The normalized spacial score (nSPS) is 10.4. The molecule has 2 rings (SSSR count). The standard InChI is InChI=1S/C22H28N2O2/c1-4-16-23(17-5-2)21(25)18-12-14-19(15-13-18)22(26)24(6-3)20-10-8-7-9-11-20/h7-15H,4-6,16-17H2,1-3H3. The Morgan fingerprint density at radius 2 is 1.23 bits per heavy atom. The summed E-state index contributed by atoms with van der Waals surface area (Å²) in [6.07, 6.45) is 1.87. The van der Waals surface area contributed by atoms with E-state index in [1.807, 2.05) is 42.2 Å². The van der Waals surface area contributed by atoms with Crippen molar-refractivity contribution < 1.29 is 9.59 Å². The predicted octanol–water partition coefficient (Wildman–Crippen LogP) is 4.62. The zero-order valence-corrected chi connectivity index (χ0v) is 15.9. The number of anilines is 1. The van der Waals surface area contributed by atoms with Gasteiger partial charge in [-0.1, -0.05) is 32.0 Å². The molecule has 4 nitrogen and oxygen atoms in total. The topological polar surface area (TPSA) is 40.6 Å². The highest BCUT2D eigenvalue weighted by Crippen LogP contribution is 2.17. The molecule has 0 radical (unpaired) electrons. The largest absolute Gasteiger partial charge is 0.339 e. The van der Waals surface area contributed by atoms with Crippen LogP contribution in [-0.2, 0) is 0 Å². The molecule has 0 unspecified atom stereocenters. The molecule has 0 aliphatic heterocycles. The molecule has 4 heteroatoms. The highest BCUT2D eigenvalue weighted by atomic mass is 16.2. The van der Waals surface area contributed by atoms with Crippen LogP contribution in [0, 0.1) is 0 Å². The van der Waals surface area contributed by atoms with Gasteiger partial charge in [0.2, 0.25) is 0 Å². The molecule has 0 N–H and O–H groups in total. The van der Waals surface area contributed by atoms with Crippen molar-refractivity contribution in [2.24, 2.45) is 0 Å². The quantitative estimate of drug-likeness (QED) is 0.696. The lowest BCUT2D eigenvalue weighted by molar-refractivity contribution is 0.0755. The van der Waals surface area contributed by atoms with Crippen LogP contribution in [0.5, 0.6) is 0 Å². The van der Waals surface area contributed by atoms with Gasteiger partial charge in [0.05, 0.1) is 0 Å². The van der Waals surface area contributed by atoms with Gasteiger partial charge in [-0.3, -0.25) is 9.59 Å². The van der Waals surface area contributed by atoms with E-state index in [9.17, 15) is 9.59 Å². The molecule has 0 spiro atoms. The lowest BCUT2D eigenvalue weighted by atomic mass is 10.1. The number of hydrogen-bond acceptors (Lipinski definition) is 2. The Hall–Kier alpha value is -2.62. The first-order valence-electron chi connectivity index (χ1n) is 9.38. The molecule has 0 aromatic heterocycles. The molecule has 2 aromatic rings. The van der Waals surface area contributed by atoms with Crippen LogP contribution >= 0.6 is 0 Å². The molecular formula is C22H28N2O2. The number of amides is 2. The molecule has 26 heavy (non-hydrogen) atoms. The molecule has 0 fully saturated rings. The Balaban J connectivity index is 2.17. The Bertz CT molecular complexity index is 705. The number of carbonyl (C=O) groups excluding carboxylic acids is 2. The molecule has 2 aromatic carbocycles. The van der Waals surface area contributed by atoms with Crippen molar-refractivity contribution in [2.45, 2.75) is 33.6 Å². The molecule has 0 aliphatic carbocycles. The van der Waals surface area contributed by atoms with E-state index in [0.717, 1.165) is 31.6 Å². The number of carbonyl (C=O) groups is 2. The van der Waals surface area contributed by atoms with Crippen molar-refractivity contribution in [3.63, 3.8) is 0 Å². The second-order valence-corrected chi connectivity index (χ2v) is 6.25.